The van der Waals surface area contributed by atoms with E-state index in [1.807, 2.05) is 31.2 Å². The first-order valence-corrected chi connectivity index (χ1v) is 3.67. The lowest BCUT2D eigenvalue weighted by atomic mass is 9.94. The van der Waals surface area contributed by atoms with Gasteiger partial charge in [-0.15, -0.1) is 0 Å². The maximum Gasteiger partial charge on any atom is 0.113 e. The first-order chi connectivity index (χ1) is 5.23. The highest BCUT2D eigenvalue weighted by molar-refractivity contribution is 5.22. The molecular formula is C9H14O2. The lowest BCUT2D eigenvalue weighted by Crippen LogP contribution is -2.40. The van der Waals surface area contributed by atoms with Crippen molar-refractivity contribution in [3.8, 4) is 0 Å². The molecule has 0 radical (unpaired) electrons. The van der Waals surface area contributed by atoms with Crippen LogP contribution in [0.5, 0.6) is 0 Å². The van der Waals surface area contributed by atoms with Crippen molar-refractivity contribution in [3.05, 3.63) is 24.3 Å². The molecule has 11 heavy (non-hydrogen) atoms. The summed E-state index contributed by atoms with van der Waals surface area (Å²) in [7, 11) is 3.38. The van der Waals surface area contributed by atoms with Crippen LogP contribution in [-0.2, 0) is 9.47 Å². The Kier molecular flexibility index (Phi) is 2.47. The molecule has 0 saturated carbocycles. The van der Waals surface area contributed by atoms with Crippen molar-refractivity contribution in [2.45, 2.75) is 18.6 Å². The van der Waals surface area contributed by atoms with Gasteiger partial charge in [-0.1, -0.05) is 24.3 Å². The second-order valence-corrected chi connectivity index (χ2v) is 2.79. The fourth-order valence-electron chi connectivity index (χ4n) is 1.19. The van der Waals surface area contributed by atoms with Gasteiger partial charge in [0.1, 0.15) is 11.7 Å². The Hall–Kier alpha value is -0.600. The van der Waals surface area contributed by atoms with Crippen LogP contribution in [0, 0.1) is 0 Å². The molecule has 2 unspecified atom stereocenters. The van der Waals surface area contributed by atoms with Gasteiger partial charge in [-0.05, 0) is 6.92 Å². The topological polar surface area (TPSA) is 18.5 Å². The third-order valence-electron chi connectivity index (χ3n) is 2.08. The second-order valence-electron chi connectivity index (χ2n) is 2.79. The summed E-state index contributed by atoms with van der Waals surface area (Å²) in [5.41, 5.74) is -0.302. The van der Waals surface area contributed by atoms with E-state index in [0.29, 0.717) is 0 Å². The van der Waals surface area contributed by atoms with Crippen LogP contribution >= 0.6 is 0 Å². The molecule has 0 saturated heterocycles. The van der Waals surface area contributed by atoms with Crippen LogP contribution in [0.4, 0.5) is 0 Å². The Bertz CT molecular complexity index is 184. The SMILES string of the molecule is COC1C=CC=CC1(C)OC. The molecule has 2 heteroatoms. The molecule has 0 aromatic heterocycles. The largest absolute Gasteiger partial charge is 0.374 e. The van der Waals surface area contributed by atoms with Crippen molar-refractivity contribution < 1.29 is 9.47 Å². The Balaban J connectivity index is 2.77. The van der Waals surface area contributed by atoms with E-state index < -0.39 is 0 Å². The molecule has 2 nitrogen and oxygen atoms in total. The van der Waals surface area contributed by atoms with Crippen molar-refractivity contribution in [1.82, 2.24) is 0 Å². The molecule has 62 valence electrons. The Morgan fingerprint density at radius 1 is 1.27 bits per heavy atom. The van der Waals surface area contributed by atoms with E-state index in [0.717, 1.165) is 0 Å². The predicted octanol–water partition coefficient (Wildman–Crippen LogP) is 1.53. The van der Waals surface area contributed by atoms with E-state index in [4.69, 9.17) is 9.47 Å². The zero-order valence-electron chi connectivity index (χ0n) is 7.20. The van der Waals surface area contributed by atoms with Crippen LogP contribution in [0.3, 0.4) is 0 Å². The molecular weight excluding hydrogens is 140 g/mol. The molecule has 0 fully saturated rings. The minimum atomic E-state index is -0.302. The van der Waals surface area contributed by atoms with Crippen molar-refractivity contribution in [2.24, 2.45) is 0 Å². The predicted molar refractivity (Wildman–Crippen MR) is 44.5 cm³/mol. The quantitative estimate of drug-likeness (QED) is 0.600. The summed E-state index contributed by atoms with van der Waals surface area (Å²) in [4.78, 5) is 0. The molecule has 0 spiro atoms. The number of methoxy groups -OCH3 is 2. The monoisotopic (exact) mass is 154 g/mol. The standard InChI is InChI=1S/C9H14O2/c1-9(11-3)7-5-4-6-8(9)10-2/h4-8H,1-3H3. The number of hydrogen-bond acceptors (Lipinski definition) is 2. The lowest BCUT2D eigenvalue weighted by Gasteiger charge is -2.32. The molecule has 0 aromatic rings. The van der Waals surface area contributed by atoms with E-state index in [9.17, 15) is 0 Å². The van der Waals surface area contributed by atoms with Crippen LogP contribution in [0.1, 0.15) is 6.92 Å². The number of hydrogen-bond donors (Lipinski definition) is 0. The minimum Gasteiger partial charge on any atom is -0.374 e. The van der Waals surface area contributed by atoms with Gasteiger partial charge in [-0.2, -0.15) is 0 Å². The van der Waals surface area contributed by atoms with E-state index in [1.165, 1.54) is 0 Å². The first kappa shape index (κ1) is 8.50. The van der Waals surface area contributed by atoms with E-state index in [2.05, 4.69) is 0 Å². The highest BCUT2D eigenvalue weighted by Gasteiger charge is 2.30. The Morgan fingerprint density at radius 3 is 2.45 bits per heavy atom. The van der Waals surface area contributed by atoms with Gasteiger partial charge >= 0.3 is 0 Å². The Labute approximate surface area is 67.5 Å². The number of ether oxygens (including phenoxy) is 2. The zero-order chi connectivity index (χ0) is 8.32. The van der Waals surface area contributed by atoms with Gasteiger partial charge in [0.15, 0.2) is 0 Å². The molecule has 2 atom stereocenters. The summed E-state index contributed by atoms with van der Waals surface area (Å²) >= 11 is 0. The van der Waals surface area contributed by atoms with Gasteiger partial charge in [0.2, 0.25) is 0 Å². The maximum atomic E-state index is 5.32. The van der Waals surface area contributed by atoms with E-state index >= 15 is 0 Å². The third kappa shape index (κ3) is 1.52. The summed E-state index contributed by atoms with van der Waals surface area (Å²) in [6.07, 6.45) is 7.95. The van der Waals surface area contributed by atoms with Gasteiger partial charge in [0.05, 0.1) is 0 Å². The average Bonchev–Trinajstić information content (AvgIpc) is 2.05. The molecule has 0 bridgehead atoms. The van der Waals surface area contributed by atoms with Crippen LogP contribution in [0.2, 0.25) is 0 Å². The molecule has 0 amide bonds. The van der Waals surface area contributed by atoms with Crippen molar-refractivity contribution in [1.29, 1.82) is 0 Å². The first-order valence-electron chi connectivity index (χ1n) is 3.67. The van der Waals surface area contributed by atoms with Crippen LogP contribution in [0.25, 0.3) is 0 Å². The summed E-state index contributed by atoms with van der Waals surface area (Å²) in [6.45, 7) is 2.00. The van der Waals surface area contributed by atoms with Crippen molar-refractivity contribution in [3.63, 3.8) is 0 Å². The van der Waals surface area contributed by atoms with Crippen LogP contribution < -0.4 is 0 Å². The van der Waals surface area contributed by atoms with E-state index in [-0.39, 0.29) is 11.7 Å². The normalized spacial score (nSPS) is 36.1. The minimum absolute atomic E-state index is 0.0255. The maximum absolute atomic E-state index is 5.32. The van der Waals surface area contributed by atoms with Gasteiger partial charge in [-0.25, -0.2) is 0 Å². The fourth-order valence-corrected chi connectivity index (χ4v) is 1.19. The van der Waals surface area contributed by atoms with Gasteiger partial charge in [0.25, 0.3) is 0 Å². The molecule has 0 aliphatic heterocycles. The molecule has 0 N–H and O–H groups in total. The molecule has 1 aliphatic rings. The molecule has 1 rings (SSSR count). The average molecular weight is 154 g/mol. The Morgan fingerprint density at radius 2 is 2.00 bits per heavy atom. The van der Waals surface area contributed by atoms with Crippen LogP contribution in [0.15, 0.2) is 24.3 Å². The van der Waals surface area contributed by atoms with Gasteiger partial charge < -0.3 is 9.47 Å². The summed E-state index contributed by atoms with van der Waals surface area (Å²) in [5, 5.41) is 0. The highest BCUT2D eigenvalue weighted by Crippen LogP contribution is 2.23. The number of rotatable bonds is 2. The van der Waals surface area contributed by atoms with Crippen LogP contribution in [-0.4, -0.2) is 25.9 Å². The molecule has 0 aromatic carbocycles. The van der Waals surface area contributed by atoms with Gasteiger partial charge in [0, 0.05) is 14.2 Å². The van der Waals surface area contributed by atoms with Crippen molar-refractivity contribution in [2.75, 3.05) is 14.2 Å². The summed E-state index contributed by atoms with van der Waals surface area (Å²) in [6, 6.07) is 0. The van der Waals surface area contributed by atoms with Crippen molar-refractivity contribution >= 4 is 0 Å². The smallest absolute Gasteiger partial charge is 0.113 e. The zero-order valence-corrected chi connectivity index (χ0v) is 7.20. The van der Waals surface area contributed by atoms with E-state index in [1.54, 1.807) is 14.2 Å². The fraction of sp³-hybridized carbons (Fsp3) is 0.556. The third-order valence-corrected chi connectivity index (χ3v) is 2.08. The lowest BCUT2D eigenvalue weighted by molar-refractivity contribution is -0.0542. The van der Waals surface area contributed by atoms with Gasteiger partial charge in [-0.3, -0.25) is 0 Å². The summed E-state index contributed by atoms with van der Waals surface area (Å²) in [5.74, 6) is 0. The summed E-state index contributed by atoms with van der Waals surface area (Å²) < 4.78 is 10.6. The molecule has 0 heterocycles. The second kappa shape index (κ2) is 3.20. The highest BCUT2D eigenvalue weighted by atomic mass is 16.5. The molecule has 1 aliphatic carbocycles. The number of allylic oxidation sites excluding steroid dienone is 2.